The van der Waals surface area contributed by atoms with Crippen LogP contribution in [0.4, 0.5) is 0 Å². The Morgan fingerprint density at radius 1 is 1.50 bits per heavy atom. The third-order valence-corrected chi connectivity index (χ3v) is 5.74. The van der Waals surface area contributed by atoms with Crippen LogP contribution in [0.5, 0.6) is 0 Å². The number of fused-ring (bicyclic) bond motifs is 2. The summed E-state index contributed by atoms with van der Waals surface area (Å²) in [4.78, 5) is 2.56. The number of rotatable bonds is 4. The van der Waals surface area contributed by atoms with Crippen LogP contribution >= 0.6 is 23.5 Å². The molecular formula is C12H19N3OS2. The number of piperidine rings is 1. The maximum absolute atomic E-state index is 9.38. The lowest BCUT2D eigenvalue weighted by Crippen LogP contribution is -2.25. The van der Waals surface area contributed by atoms with Crippen molar-refractivity contribution < 1.29 is 5.11 Å². The summed E-state index contributed by atoms with van der Waals surface area (Å²) in [6.07, 6.45) is 2.38. The molecule has 0 saturated carbocycles. The van der Waals surface area contributed by atoms with E-state index in [4.69, 9.17) is 0 Å². The molecule has 2 fully saturated rings. The van der Waals surface area contributed by atoms with Gasteiger partial charge in [-0.05, 0) is 32.2 Å². The van der Waals surface area contributed by atoms with E-state index in [-0.39, 0.29) is 6.10 Å². The highest BCUT2D eigenvalue weighted by molar-refractivity contribution is 7.99. The second kappa shape index (κ2) is 5.45. The molecule has 4 nitrogen and oxygen atoms in total. The zero-order chi connectivity index (χ0) is 12.5. The average molecular weight is 285 g/mol. The van der Waals surface area contributed by atoms with Crippen LogP contribution in [0.3, 0.4) is 0 Å². The number of thioether (sulfide) groups is 1. The largest absolute Gasteiger partial charge is 0.393 e. The lowest BCUT2D eigenvalue weighted by molar-refractivity contribution is 0.220. The molecule has 1 aromatic rings. The molecule has 6 heteroatoms. The van der Waals surface area contributed by atoms with Crippen molar-refractivity contribution in [3.05, 3.63) is 5.69 Å². The van der Waals surface area contributed by atoms with E-state index in [0.717, 1.165) is 17.5 Å². The van der Waals surface area contributed by atoms with E-state index in [1.54, 1.807) is 11.8 Å². The van der Waals surface area contributed by atoms with Crippen LogP contribution in [-0.2, 0) is 0 Å². The molecule has 0 aliphatic carbocycles. The molecule has 3 heterocycles. The molecule has 100 valence electrons. The van der Waals surface area contributed by atoms with Gasteiger partial charge < -0.3 is 10.0 Å². The minimum absolute atomic E-state index is 0.281. The first-order valence-electron chi connectivity index (χ1n) is 6.59. The standard InChI is InChI=1S/C12H19N3OS2/c1-8(16)7-17-12-11(13-18-14-12)10-6-15-4-2-3-9(10)5-15/h8-10,16H,2-7H2,1H3. The number of aliphatic hydroxyl groups is 1. The summed E-state index contributed by atoms with van der Waals surface area (Å²) >= 11 is 2.97. The molecular weight excluding hydrogens is 266 g/mol. The fraction of sp³-hybridized carbons (Fsp3) is 0.833. The van der Waals surface area contributed by atoms with Gasteiger partial charge in [0, 0.05) is 24.8 Å². The van der Waals surface area contributed by atoms with Crippen molar-refractivity contribution in [2.24, 2.45) is 5.92 Å². The Morgan fingerprint density at radius 2 is 2.39 bits per heavy atom. The zero-order valence-corrected chi connectivity index (χ0v) is 12.2. The normalized spacial score (nSPS) is 32.7. The summed E-state index contributed by atoms with van der Waals surface area (Å²) in [6, 6.07) is 0. The number of aromatic nitrogens is 2. The van der Waals surface area contributed by atoms with Gasteiger partial charge in [0.1, 0.15) is 5.03 Å². The summed E-state index contributed by atoms with van der Waals surface area (Å²) in [7, 11) is 0. The van der Waals surface area contributed by atoms with Gasteiger partial charge in [-0.2, -0.15) is 8.75 Å². The maximum Gasteiger partial charge on any atom is 0.134 e. The van der Waals surface area contributed by atoms with Crippen molar-refractivity contribution >= 4 is 23.5 Å². The summed E-state index contributed by atoms with van der Waals surface area (Å²) < 4.78 is 8.95. The van der Waals surface area contributed by atoms with Crippen LogP contribution in [-0.4, -0.2) is 50.2 Å². The Kier molecular flexibility index (Phi) is 3.89. The molecule has 0 amide bonds. The highest BCUT2D eigenvalue weighted by Crippen LogP contribution is 2.41. The van der Waals surface area contributed by atoms with E-state index in [9.17, 15) is 5.11 Å². The number of hydrogen-bond acceptors (Lipinski definition) is 6. The smallest absolute Gasteiger partial charge is 0.134 e. The van der Waals surface area contributed by atoms with Gasteiger partial charge in [0.05, 0.1) is 23.5 Å². The Bertz CT molecular complexity index is 410. The molecule has 0 aromatic carbocycles. The van der Waals surface area contributed by atoms with E-state index in [0.29, 0.717) is 11.7 Å². The first kappa shape index (κ1) is 12.8. The van der Waals surface area contributed by atoms with Crippen molar-refractivity contribution in [1.82, 2.24) is 13.6 Å². The monoisotopic (exact) mass is 285 g/mol. The molecule has 18 heavy (non-hydrogen) atoms. The van der Waals surface area contributed by atoms with Crippen molar-refractivity contribution in [2.75, 3.05) is 25.4 Å². The molecule has 2 aliphatic heterocycles. The van der Waals surface area contributed by atoms with Gasteiger partial charge >= 0.3 is 0 Å². The number of nitrogens with zero attached hydrogens (tertiary/aromatic N) is 3. The number of aliphatic hydroxyl groups excluding tert-OH is 1. The fourth-order valence-electron chi connectivity index (χ4n) is 3.04. The van der Waals surface area contributed by atoms with Crippen molar-refractivity contribution in [1.29, 1.82) is 0 Å². The third kappa shape index (κ3) is 2.57. The molecule has 4 atom stereocenters. The molecule has 2 aliphatic rings. The van der Waals surface area contributed by atoms with Crippen molar-refractivity contribution in [3.63, 3.8) is 0 Å². The van der Waals surface area contributed by atoms with Crippen molar-refractivity contribution in [2.45, 2.75) is 36.8 Å². The van der Waals surface area contributed by atoms with E-state index in [1.165, 1.54) is 43.4 Å². The first-order chi connectivity index (χ1) is 8.74. The predicted octanol–water partition coefficient (Wildman–Crippen LogP) is 1.82. The Hall–Kier alpha value is -0.170. The third-order valence-electron chi connectivity index (χ3n) is 3.86. The molecule has 0 spiro atoms. The summed E-state index contributed by atoms with van der Waals surface area (Å²) in [5, 5.41) is 10.4. The highest BCUT2D eigenvalue weighted by atomic mass is 32.2. The topological polar surface area (TPSA) is 49.3 Å². The van der Waals surface area contributed by atoms with Gasteiger partial charge in [0.2, 0.25) is 0 Å². The van der Waals surface area contributed by atoms with E-state index < -0.39 is 0 Å². The Labute approximate surface area is 116 Å². The van der Waals surface area contributed by atoms with Crippen LogP contribution in [0.2, 0.25) is 0 Å². The van der Waals surface area contributed by atoms with Crippen LogP contribution in [0.1, 0.15) is 31.4 Å². The molecule has 0 radical (unpaired) electrons. The quantitative estimate of drug-likeness (QED) is 0.855. The lowest BCUT2D eigenvalue weighted by atomic mass is 9.89. The van der Waals surface area contributed by atoms with Crippen LogP contribution in [0.15, 0.2) is 5.03 Å². The second-order valence-electron chi connectivity index (χ2n) is 5.38. The number of hydrogen-bond donors (Lipinski definition) is 1. The predicted molar refractivity (Wildman–Crippen MR) is 74.2 cm³/mol. The molecule has 2 saturated heterocycles. The van der Waals surface area contributed by atoms with E-state index in [2.05, 4.69) is 13.6 Å². The SMILES string of the molecule is CC(O)CSc1nsnc1C1CN2CCCC1C2. The molecule has 3 rings (SSSR count). The molecule has 4 unspecified atom stereocenters. The van der Waals surface area contributed by atoms with Gasteiger partial charge in [-0.15, -0.1) is 11.8 Å². The summed E-state index contributed by atoms with van der Waals surface area (Å²) in [5.74, 6) is 2.05. The maximum atomic E-state index is 9.38. The average Bonchev–Trinajstić information content (AvgIpc) is 2.91. The van der Waals surface area contributed by atoms with Crippen LogP contribution in [0.25, 0.3) is 0 Å². The van der Waals surface area contributed by atoms with Crippen LogP contribution in [0, 0.1) is 5.92 Å². The minimum atomic E-state index is -0.281. The molecule has 1 aromatic heterocycles. The Morgan fingerprint density at radius 3 is 3.17 bits per heavy atom. The van der Waals surface area contributed by atoms with Gasteiger partial charge in [0.15, 0.2) is 0 Å². The summed E-state index contributed by atoms with van der Waals surface area (Å²) in [6.45, 7) is 5.46. The highest BCUT2D eigenvalue weighted by Gasteiger charge is 2.38. The van der Waals surface area contributed by atoms with Gasteiger partial charge in [-0.25, -0.2) is 0 Å². The van der Waals surface area contributed by atoms with Gasteiger partial charge in [0.25, 0.3) is 0 Å². The van der Waals surface area contributed by atoms with E-state index >= 15 is 0 Å². The summed E-state index contributed by atoms with van der Waals surface area (Å²) in [5.41, 5.74) is 1.19. The van der Waals surface area contributed by atoms with Gasteiger partial charge in [-0.1, -0.05) is 0 Å². The van der Waals surface area contributed by atoms with Crippen LogP contribution < -0.4 is 0 Å². The van der Waals surface area contributed by atoms with E-state index in [1.807, 2.05) is 6.92 Å². The zero-order valence-electron chi connectivity index (χ0n) is 10.6. The van der Waals surface area contributed by atoms with Gasteiger partial charge in [-0.3, -0.25) is 0 Å². The Balaban J connectivity index is 1.74. The lowest BCUT2D eigenvalue weighted by Gasteiger charge is -2.21. The molecule has 1 N–H and O–H groups in total. The molecule has 2 bridgehead atoms. The van der Waals surface area contributed by atoms with Crippen molar-refractivity contribution in [3.8, 4) is 0 Å². The second-order valence-corrected chi connectivity index (χ2v) is 6.92. The minimum Gasteiger partial charge on any atom is -0.393 e. The fourth-order valence-corrected chi connectivity index (χ4v) is 4.67. The first-order valence-corrected chi connectivity index (χ1v) is 8.31.